The molecule has 0 amide bonds. The van der Waals surface area contributed by atoms with Gasteiger partial charge in [-0.15, -0.1) is 11.3 Å². The molecule has 5 heteroatoms. The van der Waals surface area contributed by atoms with E-state index in [1.807, 2.05) is 24.3 Å². The Morgan fingerprint density at radius 1 is 1.47 bits per heavy atom. The third-order valence-electron chi connectivity index (χ3n) is 2.08. The molecule has 78 valence electrons. The standard InChI is InChI=1S/C10H10ClN3S/c11-8-3-1-2-7(4-8)10(14-12)9-5-13-6-15-9/h1-6,10,14H,12H2. The summed E-state index contributed by atoms with van der Waals surface area (Å²) in [6.07, 6.45) is 1.80. The van der Waals surface area contributed by atoms with Crippen molar-refractivity contribution in [1.82, 2.24) is 10.4 Å². The summed E-state index contributed by atoms with van der Waals surface area (Å²) < 4.78 is 0. The molecule has 0 spiro atoms. The molecule has 0 saturated heterocycles. The number of nitrogens with zero attached hydrogens (tertiary/aromatic N) is 1. The van der Waals surface area contributed by atoms with E-state index in [1.54, 1.807) is 23.0 Å². The van der Waals surface area contributed by atoms with Crippen LogP contribution in [-0.4, -0.2) is 4.98 Å². The Kier molecular flexibility index (Phi) is 3.33. The van der Waals surface area contributed by atoms with Gasteiger partial charge in [0.05, 0.1) is 11.6 Å². The maximum Gasteiger partial charge on any atom is 0.0819 e. The van der Waals surface area contributed by atoms with Crippen molar-refractivity contribution in [1.29, 1.82) is 0 Å². The molecule has 0 fully saturated rings. The van der Waals surface area contributed by atoms with Gasteiger partial charge in [0.1, 0.15) is 0 Å². The van der Waals surface area contributed by atoms with Crippen LogP contribution < -0.4 is 11.3 Å². The summed E-state index contributed by atoms with van der Waals surface area (Å²) in [6.45, 7) is 0. The lowest BCUT2D eigenvalue weighted by atomic mass is 10.1. The van der Waals surface area contributed by atoms with Gasteiger partial charge in [0.2, 0.25) is 0 Å². The monoisotopic (exact) mass is 239 g/mol. The molecule has 1 aromatic carbocycles. The lowest BCUT2D eigenvalue weighted by molar-refractivity contribution is 0.645. The highest BCUT2D eigenvalue weighted by Crippen LogP contribution is 2.25. The largest absolute Gasteiger partial charge is 0.271 e. The van der Waals surface area contributed by atoms with E-state index in [9.17, 15) is 0 Å². The SMILES string of the molecule is NNC(c1cccc(Cl)c1)c1cncs1. The fourth-order valence-corrected chi connectivity index (χ4v) is 2.30. The zero-order valence-electron chi connectivity index (χ0n) is 7.85. The lowest BCUT2D eigenvalue weighted by Gasteiger charge is -2.14. The molecule has 1 heterocycles. The van der Waals surface area contributed by atoms with Gasteiger partial charge in [-0.1, -0.05) is 23.7 Å². The molecular weight excluding hydrogens is 230 g/mol. The van der Waals surface area contributed by atoms with Crippen LogP contribution in [0.4, 0.5) is 0 Å². The number of hydrazine groups is 1. The summed E-state index contributed by atoms with van der Waals surface area (Å²) in [5.41, 5.74) is 5.58. The lowest BCUT2D eigenvalue weighted by Crippen LogP contribution is -2.28. The third-order valence-corrected chi connectivity index (χ3v) is 3.16. The van der Waals surface area contributed by atoms with Crippen molar-refractivity contribution < 1.29 is 0 Å². The maximum atomic E-state index is 5.93. The van der Waals surface area contributed by atoms with E-state index in [-0.39, 0.29) is 6.04 Å². The average molecular weight is 240 g/mol. The van der Waals surface area contributed by atoms with Gasteiger partial charge in [-0.25, -0.2) is 5.43 Å². The predicted molar refractivity (Wildman–Crippen MR) is 62.7 cm³/mol. The molecule has 2 aromatic rings. The Bertz CT molecular complexity index is 430. The van der Waals surface area contributed by atoms with Crippen molar-refractivity contribution in [3.8, 4) is 0 Å². The Morgan fingerprint density at radius 2 is 2.33 bits per heavy atom. The quantitative estimate of drug-likeness (QED) is 0.639. The van der Waals surface area contributed by atoms with Gasteiger partial charge in [0.15, 0.2) is 0 Å². The molecule has 0 aliphatic rings. The fourth-order valence-electron chi connectivity index (χ4n) is 1.40. The zero-order valence-corrected chi connectivity index (χ0v) is 9.42. The Balaban J connectivity index is 2.35. The predicted octanol–water partition coefficient (Wildman–Crippen LogP) is 2.35. The molecule has 1 aromatic heterocycles. The normalized spacial score (nSPS) is 12.7. The van der Waals surface area contributed by atoms with Crippen molar-refractivity contribution >= 4 is 22.9 Å². The van der Waals surface area contributed by atoms with Crippen LogP contribution in [0, 0.1) is 0 Å². The minimum Gasteiger partial charge on any atom is -0.271 e. The molecule has 1 atom stereocenters. The van der Waals surface area contributed by atoms with Crippen LogP contribution in [0.25, 0.3) is 0 Å². The summed E-state index contributed by atoms with van der Waals surface area (Å²) in [5, 5.41) is 0.706. The summed E-state index contributed by atoms with van der Waals surface area (Å²) >= 11 is 7.49. The van der Waals surface area contributed by atoms with Gasteiger partial charge in [0.25, 0.3) is 0 Å². The van der Waals surface area contributed by atoms with Crippen molar-refractivity contribution in [3.05, 3.63) is 51.4 Å². The number of halogens is 1. The number of nitrogens with one attached hydrogen (secondary N) is 1. The van der Waals surface area contributed by atoms with Crippen LogP contribution >= 0.6 is 22.9 Å². The Morgan fingerprint density at radius 3 is 2.93 bits per heavy atom. The summed E-state index contributed by atoms with van der Waals surface area (Å²) in [5.74, 6) is 5.53. The third kappa shape index (κ3) is 2.35. The number of rotatable bonds is 3. The second-order valence-corrected chi connectivity index (χ2v) is 4.41. The molecule has 0 radical (unpaired) electrons. The number of hydrogen-bond donors (Lipinski definition) is 2. The first kappa shape index (κ1) is 10.6. The molecule has 0 aliphatic heterocycles. The number of aromatic nitrogens is 1. The highest BCUT2D eigenvalue weighted by Gasteiger charge is 2.13. The summed E-state index contributed by atoms with van der Waals surface area (Å²) in [4.78, 5) is 5.10. The minimum atomic E-state index is -0.0452. The molecule has 0 bridgehead atoms. The van der Waals surface area contributed by atoms with Crippen LogP contribution in [0.5, 0.6) is 0 Å². The van der Waals surface area contributed by atoms with E-state index < -0.39 is 0 Å². The molecule has 3 nitrogen and oxygen atoms in total. The number of nitrogens with two attached hydrogens (primary N) is 1. The first-order valence-electron chi connectivity index (χ1n) is 4.41. The van der Waals surface area contributed by atoms with Crippen LogP contribution in [0.15, 0.2) is 36.0 Å². The Labute approximate surface area is 96.9 Å². The highest BCUT2D eigenvalue weighted by molar-refractivity contribution is 7.09. The maximum absolute atomic E-state index is 5.93. The minimum absolute atomic E-state index is 0.0452. The van der Waals surface area contributed by atoms with Crippen LogP contribution in [-0.2, 0) is 0 Å². The Hall–Kier alpha value is -0.940. The van der Waals surface area contributed by atoms with Crippen LogP contribution in [0.2, 0.25) is 5.02 Å². The number of benzene rings is 1. The van der Waals surface area contributed by atoms with E-state index in [2.05, 4.69) is 10.4 Å². The average Bonchev–Trinajstić information content (AvgIpc) is 2.72. The van der Waals surface area contributed by atoms with Gasteiger partial charge < -0.3 is 0 Å². The van der Waals surface area contributed by atoms with Crippen molar-refractivity contribution in [3.63, 3.8) is 0 Å². The van der Waals surface area contributed by atoms with Gasteiger partial charge in [-0.3, -0.25) is 10.8 Å². The molecule has 0 saturated carbocycles. The van der Waals surface area contributed by atoms with Crippen LogP contribution in [0.3, 0.4) is 0 Å². The summed E-state index contributed by atoms with van der Waals surface area (Å²) in [6, 6.07) is 7.58. The van der Waals surface area contributed by atoms with Gasteiger partial charge in [-0.05, 0) is 17.7 Å². The topological polar surface area (TPSA) is 50.9 Å². The van der Waals surface area contributed by atoms with Gasteiger partial charge in [0, 0.05) is 16.1 Å². The van der Waals surface area contributed by atoms with Gasteiger partial charge in [-0.2, -0.15) is 0 Å². The van der Waals surface area contributed by atoms with E-state index in [0.29, 0.717) is 5.02 Å². The molecule has 2 rings (SSSR count). The second-order valence-electron chi connectivity index (χ2n) is 3.06. The number of thiazole rings is 1. The van der Waals surface area contributed by atoms with E-state index in [0.717, 1.165) is 10.4 Å². The molecular formula is C10H10ClN3S. The first-order chi connectivity index (χ1) is 7.31. The number of hydrogen-bond acceptors (Lipinski definition) is 4. The molecule has 0 aliphatic carbocycles. The molecule has 3 N–H and O–H groups in total. The second kappa shape index (κ2) is 4.72. The summed E-state index contributed by atoms with van der Waals surface area (Å²) in [7, 11) is 0. The first-order valence-corrected chi connectivity index (χ1v) is 5.67. The van der Waals surface area contributed by atoms with E-state index >= 15 is 0 Å². The van der Waals surface area contributed by atoms with Crippen molar-refractivity contribution in [2.75, 3.05) is 0 Å². The molecule has 1 unspecified atom stereocenters. The van der Waals surface area contributed by atoms with E-state index in [4.69, 9.17) is 17.4 Å². The van der Waals surface area contributed by atoms with E-state index in [1.165, 1.54) is 0 Å². The van der Waals surface area contributed by atoms with Crippen molar-refractivity contribution in [2.24, 2.45) is 5.84 Å². The zero-order chi connectivity index (χ0) is 10.7. The fraction of sp³-hybridized carbons (Fsp3) is 0.100. The van der Waals surface area contributed by atoms with Crippen molar-refractivity contribution in [2.45, 2.75) is 6.04 Å². The van der Waals surface area contributed by atoms with Gasteiger partial charge >= 0.3 is 0 Å². The highest BCUT2D eigenvalue weighted by atomic mass is 35.5. The molecule has 15 heavy (non-hydrogen) atoms. The van der Waals surface area contributed by atoms with Crippen LogP contribution in [0.1, 0.15) is 16.5 Å². The smallest absolute Gasteiger partial charge is 0.0819 e.